The molecule has 1 N–H and O–H groups in total. The number of carbonyl (C=O) groups excluding carboxylic acids is 2. The van der Waals surface area contributed by atoms with E-state index in [2.05, 4.69) is 5.32 Å². The van der Waals surface area contributed by atoms with Crippen LogP contribution in [0, 0.1) is 0 Å². The molecule has 4 nitrogen and oxygen atoms in total. The Hall–Kier alpha value is -0.900. The molecule has 0 bridgehead atoms. The van der Waals surface area contributed by atoms with Crippen LogP contribution in [0.4, 0.5) is 0 Å². The second-order valence-electron chi connectivity index (χ2n) is 3.34. The molecule has 0 spiro atoms. The van der Waals surface area contributed by atoms with Crippen LogP contribution in [0.2, 0.25) is 0 Å². The first-order chi connectivity index (χ1) is 6.11. The summed E-state index contributed by atoms with van der Waals surface area (Å²) in [5, 5.41) is 2.61. The van der Waals surface area contributed by atoms with Gasteiger partial charge in [0.25, 0.3) is 0 Å². The normalized spacial score (nSPS) is 24.0. The smallest absolute Gasteiger partial charge is 0.249 e. The highest BCUT2D eigenvalue weighted by molar-refractivity contribution is 5.88. The summed E-state index contributed by atoms with van der Waals surface area (Å²) in [6.07, 6.45) is 1.34. The Morgan fingerprint density at radius 2 is 2.23 bits per heavy atom. The number of Topliss-reactive ketones (excluding diaryl/α,β-unsaturated/α-hetero) is 1. The summed E-state index contributed by atoms with van der Waals surface area (Å²) >= 11 is 0. The zero-order chi connectivity index (χ0) is 9.84. The van der Waals surface area contributed by atoms with E-state index in [-0.39, 0.29) is 17.8 Å². The van der Waals surface area contributed by atoms with Gasteiger partial charge in [-0.3, -0.25) is 9.59 Å². The van der Waals surface area contributed by atoms with Crippen molar-refractivity contribution in [2.45, 2.75) is 38.8 Å². The zero-order valence-corrected chi connectivity index (χ0v) is 8.00. The van der Waals surface area contributed by atoms with Crippen molar-refractivity contribution in [1.29, 1.82) is 0 Å². The van der Waals surface area contributed by atoms with Crippen molar-refractivity contribution in [2.24, 2.45) is 0 Å². The van der Waals surface area contributed by atoms with Crippen molar-refractivity contribution in [3.63, 3.8) is 0 Å². The minimum absolute atomic E-state index is 0.0358. The third-order valence-corrected chi connectivity index (χ3v) is 2.19. The molecule has 1 aliphatic heterocycles. The topological polar surface area (TPSA) is 55.4 Å². The lowest BCUT2D eigenvalue weighted by Gasteiger charge is -2.13. The fourth-order valence-corrected chi connectivity index (χ4v) is 1.19. The largest absolute Gasteiger partial charge is 0.368 e. The highest BCUT2D eigenvalue weighted by atomic mass is 16.5. The van der Waals surface area contributed by atoms with Gasteiger partial charge >= 0.3 is 0 Å². The van der Waals surface area contributed by atoms with Gasteiger partial charge in [0.05, 0.1) is 6.04 Å². The highest BCUT2D eigenvalue weighted by Crippen LogP contribution is 2.11. The van der Waals surface area contributed by atoms with Crippen molar-refractivity contribution in [2.75, 3.05) is 6.61 Å². The molecule has 74 valence electrons. The van der Waals surface area contributed by atoms with Gasteiger partial charge in [-0.1, -0.05) is 0 Å². The van der Waals surface area contributed by atoms with Crippen LogP contribution in [0.25, 0.3) is 0 Å². The maximum absolute atomic E-state index is 11.4. The van der Waals surface area contributed by atoms with E-state index in [1.54, 1.807) is 6.92 Å². The van der Waals surface area contributed by atoms with E-state index in [0.29, 0.717) is 6.61 Å². The summed E-state index contributed by atoms with van der Waals surface area (Å²) in [6.45, 7) is 3.78. The maximum Gasteiger partial charge on any atom is 0.249 e. The molecule has 1 heterocycles. The fraction of sp³-hybridized carbons (Fsp3) is 0.778. The molecule has 1 amide bonds. The summed E-state index contributed by atoms with van der Waals surface area (Å²) in [7, 11) is 0. The van der Waals surface area contributed by atoms with Gasteiger partial charge in [-0.25, -0.2) is 0 Å². The Morgan fingerprint density at radius 3 is 2.69 bits per heavy atom. The predicted molar refractivity (Wildman–Crippen MR) is 47.3 cm³/mol. The second-order valence-corrected chi connectivity index (χ2v) is 3.34. The molecule has 0 saturated carbocycles. The molecule has 0 aliphatic carbocycles. The lowest BCUT2D eigenvalue weighted by atomic mass is 10.2. The third-order valence-electron chi connectivity index (χ3n) is 2.19. The van der Waals surface area contributed by atoms with Gasteiger partial charge in [0, 0.05) is 6.61 Å². The van der Waals surface area contributed by atoms with Crippen LogP contribution in [-0.4, -0.2) is 30.4 Å². The zero-order valence-electron chi connectivity index (χ0n) is 8.00. The number of ether oxygens (including phenoxy) is 1. The first kappa shape index (κ1) is 10.2. The molecule has 0 radical (unpaired) electrons. The van der Waals surface area contributed by atoms with Gasteiger partial charge in [0.2, 0.25) is 5.91 Å². The van der Waals surface area contributed by atoms with E-state index >= 15 is 0 Å². The lowest BCUT2D eigenvalue weighted by molar-refractivity contribution is -0.133. The number of carbonyl (C=O) groups is 2. The summed E-state index contributed by atoms with van der Waals surface area (Å²) < 4.78 is 5.17. The number of rotatable bonds is 3. The van der Waals surface area contributed by atoms with Crippen LogP contribution in [0.3, 0.4) is 0 Å². The van der Waals surface area contributed by atoms with Crippen LogP contribution in [-0.2, 0) is 14.3 Å². The molecule has 2 atom stereocenters. The number of amides is 1. The summed E-state index contributed by atoms with van der Waals surface area (Å²) in [5.74, 6) is -0.202. The Labute approximate surface area is 77.6 Å². The van der Waals surface area contributed by atoms with Crippen molar-refractivity contribution < 1.29 is 14.3 Å². The van der Waals surface area contributed by atoms with E-state index in [0.717, 1.165) is 12.8 Å². The quantitative estimate of drug-likeness (QED) is 0.686. The summed E-state index contributed by atoms with van der Waals surface area (Å²) in [6, 6.07) is -0.406. The molecule has 0 aromatic heterocycles. The highest BCUT2D eigenvalue weighted by Gasteiger charge is 2.25. The van der Waals surface area contributed by atoms with E-state index in [1.807, 2.05) is 0 Å². The predicted octanol–water partition coefficient (Wildman–Crippen LogP) is 0.259. The molecule has 4 heteroatoms. The molecule has 1 saturated heterocycles. The van der Waals surface area contributed by atoms with Crippen molar-refractivity contribution in [3.05, 3.63) is 0 Å². The van der Waals surface area contributed by atoms with Gasteiger partial charge in [-0.05, 0) is 26.7 Å². The minimum atomic E-state index is -0.406. The van der Waals surface area contributed by atoms with Crippen LogP contribution in [0.5, 0.6) is 0 Å². The van der Waals surface area contributed by atoms with Crippen molar-refractivity contribution in [1.82, 2.24) is 5.32 Å². The molecular weight excluding hydrogens is 170 g/mol. The Balaban J connectivity index is 2.35. The number of nitrogens with one attached hydrogen (secondary N) is 1. The maximum atomic E-state index is 11.4. The number of hydrogen-bond donors (Lipinski definition) is 1. The van der Waals surface area contributed by atoms with Gasteiger partial charge in [0.1, 0.15) is 6.10 Å². The van der Waals surface area contributed by atoms with E-state index < -0.39 is 6.04 Å². The molecule has 1 rings (SSSR count). The average Bonchev–Trinajstić information content (AvgIpc) is 2.55. The molecule has 13 heavy (non-hydrogen) atoms. The van der Waals surface area contributed by atoms with Crippen LogP contribution in [0.15, 0.2) is 0 Å². The summed E-state index contributed by atoms with van der Waals surface area (Å²) in [4.78, 5) is 22.2. The first-order valence-corrected chi connectivity index (χ1v) is 4.53. The molecule has 0 aromatic carbocycles. The second kappa shape index (κ2) is 4.37. The van der Waals surface area contributed by atoms with Crippen LogP contribution >= 0.6 is 0 Å². The fourth-order valence-electron chi connectivity index (χ4n) is 1.19. The molecule has 0 unspecified atom stereocenters. The Bertz CT molecular complexity index is 209. The Kier molecular flexibility index (Phi) is 3.42. The Morgan fingerprint density at radius 1 is 1.54 bits per heavy atom. The third kappa shape index (κ3) is 2.81. The van der Waals surface area contributed by atoms with Crippen molar-refractivity contribution >= 4 is 11.7 Å². The van der Waals surface area contributed by atoms with Gasteiger partial charge in [-0.2, -0.15) is 0 Å². The first-order valence-electron chi connectivity index (χ1n) is 4.53. The summed E-state index contributed by atoms with van der Waals surface area (Å²) in [5.41, 5.74) is 0. The van der Waals surface area contributed by atoms with Gasteiger partial charge < -0.3 is 10.1 Å². The standard InChI is InChI=1S/C9H15NO3/c1-6(7(2)11)10-9(12)8-4-3-5-13-8/h6,8H,3-5H2,1-2H3,(H,10,12)/t6-,8+/m0/s1. The SMILES string of the molecule is CC(=O)[C@H](C)NC(=O)[C@H]1CCCO1. The van der Waals surface area contributed by atoms with Crippen LogP contribution < -0.4 is 5.32 Å². The van der Waals surface area contributed by atoms with E-state index in [4.69, 9.17) is 4.74 Å². The number of ketones is 1. The van der Waals surface area contributed by atoms with Crippen molar-refractivity contribution in [3.8, 4) is 0 Å². The van der Waals surface area contributed by atoms with Gasteiger partial charge in [-0.15, -0.1) is 0 Å². The molecule has 1 fully saturated rings. The van der Waals surface area contributed by atoms with E-state index in [9.17, 15) is 9.59 Å². The van der Waals surface area contributed by atoms with Gasteiger partial charge in [0.15, 0.2) is 5.78 Å². The average molecular weight is 185 g/mol. The van der Waals surface area contributed by atoms with E-state index in [1.165, 1.54) is 6.92 Å². The number of hydrogen-bond acceptors (Lipinski definition) is 3. The lowest BCUT2D eigenvalue weighted by Crippen LogP contribution is -2.42. The monoisotopic (exact) mass is 185 g/mol. The molecule has 0 aromatic rings. The molecular formula is C9H15NO3. The van der Waals surface area contributed by atoms with Crippen LogP contribution in [0.1, 0.15) is 26.7 Å². The molecule has 1 aliphatic rings. The minimum Gasteiger partial charge on any atom is -0.368 e.